The van der Waals surface area contributed by atoms with Crippen LogP contribution in [0.15, 0.2) is 35.4 Å². The highest BCUT2D eigenvalue weighted by Crippen LogP contribution is 2.27. The Hall–Kier alpha value is -1.59. The summed E-state index contributed by atoms with van der Waals surface area (Å²) in [6, 6.07) is 8.11. The molecule has 5 heteroatoms. The fourth-order valence-corrected chi connectivity index (χ4v) is 3.73. The molecular weight excluding hydrogens is 290 g/mol. The Labute approximate surface area is 126 Å². The van der Waals surface area contributed by atoms with Crippen LogP contribution in [0.2, 0.25) is 0 Å². The average molecular weight is 305 g/mol. The molecule has 0 aliphatic carbocycles. The molecule has 104 valence electrons. The molecule has 0 spiro atoms. The number of hydrogen-bond acceptors (Lipinski definition) is 4. The number of carboxylic acids is 1. The van der Waals surface area contributed by atoms with Gasteiger partial charge in [-0.25, -0.2) is 9.78 Å². The maximum Gasteiger partial charge on any atom is 0.328 e. The van der Waals surface area contributed by atoms with Crippen molar-refractivity contribution >= 4 is 35.1 Å². The molecule has 0 saturated carbocycles. The number of carboxylic acid groups (broad SMARTS) is 1. The molecule has 2 heterocycles. The van der Waals surface area contributed by atoms with Crippen molar-refractivity contribution in [3.8, 4) is 0 Å². The summed E-state index contributed by atoms with van der Waals surface area (Å²) in [4.78, 5) is 17.1. The largest absolute Gasteiger partial charge is 0.478 e. The molecule has 1 N–H and O–H groups in total. The molecule has 0 aromatic carbocycles. The summed E-state index contributed by atoms with van der Waals surface area (Å²) in [5.41, 5.74) is 2.25. The molecule has 0 atom stereocenters. The summed E-state index contributed by atoms with van der Waals surface area (Å²) < 4.78 is 0. The van der Waals surface area contributed by atoms with Crippen molar-refractivity contribution in [2.45, 2.75) is 24.6 Å². The molecule has 0 unspecified atom stereocenters. The summed E-state index contributed by atoms with van der Waals surface area (Å²) in [5, 5.41) is 9.62. The molecule has 0 fully saturated rings. The summed E-state index contributed by atoms with van der Waals surface area (Å²) in [6.07, 6.45) is 2.78. The van der Waals surface area contributed by atoms with Gasteiger partial charge in [0, 0.05) is 27.3 Å². The normalized spacial score (nSPS) is 11.1. The molecule has 2 rings (SSSR count). The van der Waals surface area contributed by atoms with E-state index in [9.17, 15) is 4.79 Å². The van der Waals surface area contributed by atoms with Crippen molar-refractivity contribution in [1.82, 2.24) is 4.98 Å². The summed E-state index contributed by atoms with van der Waals surface area (Å²) in [5.74, 6) is -0.0738. The Morgan fingerprint density at radius 3 is 2.90 bits per heavy atom. The van der Waals surface area contributed by atoms with Crippen molar-refractivity contribution < 1.29 is 9.90 Å². The standard InChI is InChI=1S/C15H15NO2S2/c1-10-7-11(2)16-14(8-10)19-9-13-4-3-12(20-13)5-6-15(17)18/h3-8H,9H2,1-2H3,(H,17,18)/b6-5+. The van der Waals surface area contributed by atoms with E-state index in [0.717, 1.165) is 27.4 Å². The van der Waals surface area contributed by atoms with Gasteiger partial charge in [0.2, 0.25) is 0 Å². The van der Waals surface area contributed by atoms with Gasteiger partial charge in [-0.1, -0.05) is 0 Å². The highest BCUT2D eigenvalue weighted by molar-refractivity contribution is 7.98. The number of thioether (sulfide) groups is 1. The number of thiophene rings is 1. The second kappa shape index (κ2) is 6.72. The van der Waals surface area contributed by atoms with Crippen molar-refractivity contribution in [1.29, 1.82) is 0 Å². The van der Waals surface area contributed by atoms with Crippen LogP contribution in [0.1, 0.15) is 21.0 Å². The number of carbonyl (C=O) groups is 1. The van der Waals surface area contributed by atoms with E-state index in [1.165, 1.54) is 10.4 Å². The fraction of sp³-hybridized carbons (Fsp3) is 0.200. The molecule has 0 aliphatic heterocycles. The number of pyridine rings is 1. The third-order valence-corrected chi connectivity index (χ3v) is 4.70. The molecule has 2 aromatic rings. The molecule has 0 radical (unpaired) electrons. The van der Waals surface area contributed by atoms with Gasteiger partial charge in [0.15, 0.2) is 0 Å². The Bertz CT molecular complexity index is 627. The van der Waals surface area contributed by atoms with Crippen LogP contribution in [0.3, 0.4) is 0 Å². The van der Waals surface area contributed by atoms with Crippen LogP contribution < -0.4 is 0 Å². The van der Waals surface area contributed by atoms with Gasteiger partial charge in [-0.05, 0) is 49.8 Å². The predicted octanol–water partition coefficient (Wildman–Crippen LogP) is 4.15. The van der Waals surface area contributed by atoms with E-state index in [1.54, 1.807) is 29.2 Å². The SMILES string of the molecule is Cc1cc(C)nc(SCc2ccc(/C=C/C(=O)O)s2)c1. The van der Waals surface area contributed by atoms with Crippen LogP contribution >= 0.6 is 23.1 Å². The Balaban J connectivity index is 1.99. The second-order valence-electron chi connectivity index (χ2n) is 4.39. The Morgan fingerprint density at radius 2 is 2.20 bits per heavy atom. The van der Waals surface area contributed by atoms with Crippen LogP contribution in [0, 0.1) is 13.8 Å². The van der Waals surface area contributed by atoms with Crippen molar-refractivity contribution in [2.75, 3.05) is 0 Å². The van der Waals surface area contributed by atoms with E-state index >= 15 is 0 Å². The summed E-state index contributed by atoms with van der Waals surface area (Å²) in [6.45, 7) is 4.07. The topological polar surface area (TPSA) is 50.2 Å². The Kier molecular flexibility index (Phi) is 4.98. The van der Waals surface area contributed by atoms with Crippen molar-refractivity contribution in [2.24, 2.45) is 0 Å². The number of aliphatic carboxylic acids is 1. The predicted molar refractivity (Wildman–Crippen MR) is 84.3 cm³/mol. The van der Waals surface area contributed by atoms with Gasteiger partial charge in [-0.3, -0.25) is 0 Å². The van der Waals surface area contributed by atoms with Gasteiger partial charge in [-0.2, -0.15) is 0 Å². The third-order valence-electron chi connectivity index (χ3n) is 2.51. The summed E-state index contributed by atoms with van der Waals surface area (Å²) in [7, 11) is 0. The first-order valence-corrected chi connectivity index (χ1v) is 7.91. The van der Waals surface area contributed by atoms with E-state index < -0.39 is 5.97 Å². The third kappa shape index (κ3) is 4.51. The van der Waals surface area contributed by atoms with E-state index in [1.807, 2.05) is 19.1 Å². The van der Waals surface area contributed by atoms with Crippen LogP contribution in [0.25, 0.3) is 6.08 Å². The zero-order valence-corrected chi connectivity index (χ0v) is 12.9. The maximum atomic E-state index is 10.5. The zero-order valence-electron chi connectivity index (χ0n) is 11.3. The lowest BCUT2D eigenvalue weighted by atomic mass is 10.3. The number of aryl methyl sites for hydroxylation is 2. The van der Waals surface area contributed by atoms with Gasteiger partial charge in [0.05, 0.1) is 5.03 Å². The first kappa shape index (κ1) is 14.8. The van der Waals surface area contributed by atoms with Crippen molar-refractivity contribution in [3.63, 3.8) is 0 Å². The quantitative estimate of drug-likeness (QED) is 0.666. The highest BCUT2D eigenvalue weighted by Gasteiger charge is 2.02. The molecular formula is C15H15NO2S2. The first-order chi connectivity index (χ1) is 9.52. The number of aromatic nitrogens is 1. The zero-order chi connectivity index (χ0) is 14.5. The fourth-order valence-electron chi connectivity index (χ4n) is 1.74. The monoisotopic (exact) mass is 305 g/mol. The minimum atomic E-state index is -0.922. The molecule has 0 saturated heterocycles. The average Bonchev–Trinajstić information content (AvgIpc) is 2.81. The lowest BCUT2D eigenvalue weighted by Gasteiger charge is -2.02. The molecule has 0 aliphatic rings. The van der Waals surface area contributed by atoms with Crippen molar-refractivity contribution in [3.05, 3.63) is 51.4 Å². The van der Waals surface area contributed by atoms with Gasteiger partial charge in [-0.15, -0.1) is 23.1 Å². The maximum absolute atomic E-state index is 10.5. The molecule has 0 bridgehead atoms. The minimum absolute atomic E-state index is 0.849. The molecule has 2 aromatic heterocycles. The minimum Gasteiger partial charge on any atom is -0.478 e. The lowest BCUT2D eigenvalue weighted by molar-refractivity contribution is -0.131. The van der Waals surface area contributed by atoms with Gasteiger partial charge in [0.25, 0.3) is 0 Å². The van der Waals surface area contributed by atoms with Gasteiger partial charge in [0.1, 0.15) is 0 Å². The molecule has 20 heavy (non-hydrogen) atoms. The number of nitrogens with zero attached hydrogens (tertiary/aromatic N) is 1. The van der Waals surface area contributed by atoms with E-state index in [2.05, 4.69) is 24.0 Å². The van der Waals surface area contributed by atoms with E-state index in [-0.39, 0.29) is 0 Å². The van der Waals surface area contributed by atoms with Crippen LogP contribution in [-0.4, -0.2) is 16.1 Å². The highest BCUT2D eigenvalue weighted by atomic mass is 32.2. The van der Waals surface area contributed by atoms with E-state index in [4.69, 9.17) is 5.11 Å². The van der Waals surface area contributed by atoms with Crippen LogP contribution in [-0.2, 0) is 10.5 Å². The van der Waals surface area contributed by atoms with E-state index in [0.29, 0.717) is 0 Å². The first-order valence-electron chi connectivity index (χ1n) is 6.11. The lowest BCUT2D eigenvalue weighted by Crippen LogP contribution is -1.87. The van der Waals surface area contributed by atoms with Gasteiger partial charge < -0.3 is 5.11 Å². The van der Waals surface area contributed by atoms with Crippen LogP contribution in [0.4, 0.5) is 0 Å². The molecule has 0 amide bonds. The van der Waals surface area contributed by atoms with Crippen LogP contribution in [0.5, 0.6) is 0 Å². The van der Waals surface area contributed by atoms with Gasteiger partial charge >= 0.3 is 5.97 Å². The smallest absolute Gasteiger partial charge is 0.328 e. The Morgan fingerprint density at radius 1 is 1.40 bits per heavy atom. The number of hydrogen-bond donors (Lipinski definition) is 1. The number of rotatable bonds is 5. The second-order valence-corrected chi connectivity index (χ2v) is 6.58. The summed E-state index contributed by atoms with van der Waals surface area (Å²) >= 11 is 3.30. The molecule has 3 nitrogen and oxygen atoms in total.